The molecule has 2 unspecified atom stereocenters. The Bertz CT molecular complexity index is 346. The molecule has 0 radical (unpaired) electrons. The molecule has 2 N–H and O–H groups in total. The van der Waals surface area contributed by atoms with Gasteiger partial charge in [0.15, 0.2) is 0 Å². The highest BCUT2D eigenvalue weighted by molar-refractivity contribution is 5.85. The lowest BCUT2D eigenvalue weighted by atomic mass is 9.98. The molecule has 6 heteroatoms. The van der Waals surface area contributed by atoms with E-state index in [0.29, 0.717) is 6.04 Å². The number of halogens is 1. The number of nitrogens with zero attached hydrogens (tertiary/aromatic N) is 3. The Labute approximate surface area is 134 Å². The molecule has 3 saturated heterocycles. The average molecular weight is 317 g/mol. The molecule has 0 aromatic rings. The second kappa shape index (κ2) is 7.27. The lowest BCUT2D eigenvalue weighted by Gasteiger charge is -2.40. The Balaban J connectivity index is 0.00000161. The van der Waals surface area contributed by atoms with Gasteiger partial charge in [0.1, 0.15) is 0 Å². The van der Waals surface area contributed by atoms with Gasteiger partial charge >= 0.3 is 0 Å². The van der Waals surface area contributed by atoms with Gasteiger partial charge < -0.3 is 10.6 Å². The van der Waals surface area contributed by atoms with Gasteiger partial charge in [-0.15, -0.1) is 12.4 Å². The van der Waals surface area contributed by atoms with Crippen LogP contribution in [0.15, 0.2) is 0 Å². The third kappa shape index (κ3) is 3.89. The molecule has 122 valence electrons. The van der Waals surface area contributed by atoms with Crippen molar-refractivity contribution in [1.29, 1.82) is 0 Å². The molecule has 3 rings (SSSR count). The molecule has 3 aliphatic rings. The molecule has 3 aliphatic heterocycles. The van der Waals surface area contributed by atoms with Gasteiger partial charge in [-0.1, -0.05) is 0 Å². The molecule has 3 heterocycles. The zero-order valence-corrected chi connectivity index (χ0v) is 13.9. The molecular formula is C15H29ClN4O. The standard InChI is InChI=1S/C15H28N4O.ClH/c1-12(20)18-7-4-17(5-8-18)6-9-19-14-2-3-15(19)11-13(16)10-14;/h13-15H,2-11,16H2,1H3;1H. The van der Waals surface area contributed by atoms with Crippen LogP contribution < -0.4 is 5.73 Å². The quantitative estimate of drug-likeness (QED) is 0.825. The summed E-state index contributed by atoms with van der Waals surface area (Å²) in [5.41, 5.74) is 6.13. The van der Waals surface area contributed by atoms with E-state index in [2.05, 4.69) is 9.80 Å². The van der Waals surface area contributed by atoms with Crippen LogP contribution in [0.25, 0.3) is 0 Å². The van der Waals surface area contributed by atoms with Crippen LogP contribution in [0.3, 0.4) is 0 Å². The second-order valence-electron chi connectivity index (χ2n) is 6.70. The molecule has 1 amide bonds. The molecule has 21 heavy (non-hydrogen) atoms. The van der Waals surface area contributed by atoms with Gasteiger partial charge in [0, 0.05) is 64.3 Å². The van der Waals surface area contributed by atoms with Gasteiger partial charge in [0.2, 0.25) is 5.91 Å². The highest BCUT2D eigenvalue weighted by Gasteiger charge is 2.39. The Morgan fingerprint density at radius 2 is 1.62 bits per heavy atom. The number of fused-ring (bicyclic) bond motifs is 2. The maximum atomic E-state index is 11.3. The van der Waals surface area contributed by atoms with Crippen molar-refractivity contribution < 1.29 is 4.79 Å². The van der Waals surface area contributed by atoms with Crippen molar-refractivity contribution in [3.05, 3.63) is 0 Å². The summed E-state index contributed by atoms with van der Waals surface area (Å²) in [6.07, 6.45) is 5.07. The average Bonchev–Trinajstić information content (AvgIpc) is 2.67. The summed E-state index contributed by atoms with van der Waals surface area (Å²) in [6.45, 7) is 7.85. The fraction of sp³-hybridized carbons (Fsp3) is 0.933. The number of rotatable bonds is 3. The van der Waals surface area contributed by atoms with Crippen molar-refractivity contribution in [1.82, 2.24) is 14.7 Å². The van der Waals surface area contributed by atoms with Crippen molar-refractivity contribution in [2.45, 2.75) is 50.7 Å². The number of carbonyl (C=O) groups is 1. The predicted octanol–water partition coefficient (Wildman–Crippen LogP) is 0.526. The zero-order chi connectivity index (χ0) is 14.1. The number of piperazine rings is 1. The van der Waals surface area contributed by atoms with E-state index in [4.69, 9.17) is 5.73 Å². The Kier molecular flexibility index (Phi) is 5.88. The fourth-order valence-corrected chi connectivity index (χ4v) is 4.22. The van der Waals surface area contributed by atoms with Crippen LogP contribution in [0.1, 0.15) is 32.6 Å². The normalized spacial score (nSPS) is 33.8. The van der Waals surface area contributed by atoms with Crippen molar-refractivity contribution in [3.8, 4) is 0 Å². The third-order valence-corrected chi connectivity index (χ3v) is 5.41. The lowest BCUT2D eigenvalue weighted by Crippen LogP contribution is -2.52. The Hall–Kier alpha value is -0.360. The number of hydrogen-bond acceptors (Lipinski definition) is 4. The van der Waals surface area contributed by atoms with Crippen LogP contribution in [0, 0.1) is 0 Å². The molecule has 3 fully saturated rings. The van der Waals surface area contributed by atoms with Gasteiger partial charge in [-0.25, -0.2) is 0 Å². The molecule has 2 bridgehead atoms. The van der Waals surface area contributed by atoms with E-state index in [9.17, 15) is 4.79 Å². The van der Waals surface area contributed by atoms with Crippen LogP contribution >= 0.6 is 12.4 Å². The van der Waals surface area contributed by atoms with Crippen molar-refractivity contribution in [3.63, 3.8) is 0 Å². The number of nitrogens with two attached hydrogens (primary N) is 1. The first kappa shape index (κ1) is 17.0. The van der Waals surface area contributed by atoms with E-state index in [1.807, 2.05) is 4.90 Å². The molecule has 0 saturated carbocycles. The Morgan fingerprint density at radius 1 is 1.05 bits per heavy atom. The Morgan fingerprint density at radius 3 is 2.14 bits per heavy atom. The smallest absolute Gasteiger partial charge is 0.219 e. The van der Waals surface area contributed by atoms with Crippen LogP contribution in [0.4, 0.5) is 0 Å². The minimum Gasteiger partial charge on any atom is -0.340 e. The van der Waals surface area contributed by atoms with E-state index < -0.39 is 0 Å². The first-order chi connectivity index (χ1) is 9.63. The summed E-state index contributed by atoms with van der Waals surface area (Å²) < 4.78 is 0. The summed E-state index contributed by atoms with van der Waals surface area (Å²) in [4.78, 5) is 18.5. The van der Waals surface area contributed by atoms with Crippen molar-refractivity contribution in [2.75, 3.05) is 39.3 Å². The maximum absolute atomic E-state index is 11.3. The topological polar surface area (TPSA) is 52.8 Å². The minimum absolute atomic E-state index is 0. The SMILES string of the molecule is CC(=O)N1CCN(CCN2C3CCC2CC(N)C3)CC1.Cl. The zero-order valence-electron chi connectivity index (χ0n) is 13.0. The van der Waals surface area contributed by atoms with Gasteiger partial charge in [-0.3, -0.25) is 14.6 Å². The molecule has 0 aromatic carbocycles. The summed E-state index contributed by atoms with van der Waals surface area (Å²) >= 11 is 0. The predicted molar refractivity (Wildman–Crippen MR) is 86.7 cm³/mol. The molecule has 0 aliphatic carbocycles. The van der Waals surface area contributed by atoms with Gasteiger partial charge in [0.05, 0.1) is 0 Å². The van der Waals surface area contributed by atoms with Gasteiger partial charge in [0.25, 0.3) is 0 Å². The first-order valence-corrected chi connectivity index (χ1v) is 8.12. The summed E-state index contributed by atoms with van der Waals surface area (Å²) in [6, 6.07) is 1.91. The van der Waals surface area contributed by atoms with E-state index >= 15 is 0 Å². The highest BCUT2D eigenvalue weighted by atomic mass is 35.5. The minimum atomic E-state index is 0. The van der Waals surface area contributed by atoms with Crippen molar-refractivity contribution >= 4 is 18.3 Å². The number of piperidine rings is 1. The van der Waals surface area contributed by atoms with E-state index in [-0.39, 0.29) is 18.3 Å². The van der Waals surface area contributed by atoms with E-state index in [1.165, 1.54) is 32.2 Å². The third-order valence-electron chi connectivity index (χ3n) is 5.41. The van der Waals surface area contributed by atoms with Crippen molar-refractivity contribution in [2.24, 2.45) is 5.73 Å². The summed E-state index contributed by atoms with van der Waals surface area (Å²) in [7, 11) is 0. The van der Waals surface area contributed by atoms with Crippen LogP contribution in [-0.2, 0) is 4.79 Å². The summed E-state index contributed by atoms with van der Waals surface area (Å²) in [5, 5.41) is 0. The number of amides is 1. The fourth-order valence-electron chi connectivity index (χ4n) is 4.22. The maximum Gasteiger partial charge on any atom is 0.219 e. The summed E-state index contributed by atoms with van der Waals surface area (Å²) in [5.74, 6) is 0.215. The van der Waals surface area contributed by atoms with Crippen LogP contribution in [-0.4, -0.2) is 78.0 Å². The molecular weight excluding hydrogens is 288 g/mol. The van der Waals surface area contributed by atoms with Gasteiger partial charge in [-0.05, 0) is 25.7 Å². The second-order valence-corrected chi connectivity index (χ2v) is 6.70. The lowest BCUT2D eigenvalue weighted by molar-refractivity contribution is -0.130. The number of carbonyl (C=O) groups excluding carboxylic acids is 1. The number of hydrogen-bond donors (Lipinski definition) is 1. The largest absolute Gasteiger partial charge is 0.340 e. The van der Waals surface area contributed by atoms with Crippen LogP contribution in [0.5, 0.6) is 0 Å². The molecule has 0 spiro atoms. The monoisotopic (exact) mass is 316 g/mol. The highest BCUT2D eigenvalue weighted by Crippen LogP contribution is 2.34. The molecule has 5 nitrogen and oxygen atoms in total. The van der Waals surface area contributed by atoms with E-state index in [0.717, 1.165) is 44.8 Å². The molecule has 0 aromatic heterocycles. The molecule has 2 atom stereocenters. The first-order valence-electron chi connectivity index (χ1n) is 8.12. The van der Waals surface area contributed by atoms with E-state index in [1.54, 1.807) is 6.92 Å². The van der Waals surface area contributed by atoms with Crippen LogP contribution in [0.2, 0.25) is 0 Å². The van der Waals surface area contributed by atoms with Gasteiger partial charge in [-0.2, -0.15) is 0 Å².